The van der Waals surface area contributed by atoms with E-state index in [4.69, 9.17) is 11.5 Å². The van der Waals surface area contributed by atoms with Crippen molar-refractivity contribution in [3.63, 3.8) is 0 Å². The van der Waals surface area contributed by atoms with Gasteiger partial charge >= 0.3 is 0 Å². The summed E-state index contributed by atoms with van der Waals surface area (Å²) < 4.78 is 2.03. The van der Waals surface area contributed by atoms with Gasteiger partial charge in [-0.1, -0.05) is 6.07 Å². The van der Waals surface area contributed by atoms with Gasteiger partial charge in [-0.3, -0.25) is 0 Å². The summed E-state index contributed by atoms with van der Waals surface area (Å²) in [5, 5.41) is 9.01. The number of aryl methyl sites for hydroxylation is 1. The van der Waals surface area contributed by atoms with Crippen LogP contribution in [0.3, 0.4) is 0 Å². The highest BCUT2D eigenvalue weighted by Gasteiger charge is 2.06. The van der Waals surface area contributed by atoms with Gasteiger partial charge in [0.2, 0.25) is 5.69 Å². The van der Waals surface area contributed by atoms with Crippen molar-refractivity contribution < 1.29 is 9.67 Å². The first-order valence-electron chi connectivity index (χ1n) is 4.40. The van der Waals surface area contributed by atoms with Crippen molar-refractivity contribution in [3.8, 4) is 12.3 Å². The lowest BCUT2D eigenvalue weighted by atomic mass is 10.3. The fourth-order valence-electron chi connectivity index (χ4n) is 1.22. The number of aromatic nitrogens is 1. The van der Waals surface area contributed by atoms with E-state index in [0.717, 1.165) is 25.1 Å². The number of aliphatic hydroxyl groups is 1. The molecule has 1 rings (SSSR count). The molecule has 1 heterocycles. The summed E-state index contributed by atoms with van der Waals surface area (Å²) in [6.45, 7) is 0.956. The standard InChI is InChI=1S/C11H14NO/c1-2-3-5-8-12-9-6-4-7-11(12)10-13/h1,4,6-7,9,13H,3,5,8,10H2/q+1. The number of pyridine rings is 1. The molecule has 0 aliphatic heterocycles. The Morgan fingerprint density at radius 3 is 3.00 bits per heavy atom. The molecule has 1 aromatic rings. The van der Waals surface area contributed by atoms with E-state index in [-0.39, 0.29) is 6.61 Å². The maximum atomic E-state index is 9.01. The molecule has 0 aliphatic carbocycles. The molecule has 0 saturated heterocycles. The molecule has 2 nitrogen and oxygen atoms in total. The Labute approximate surface area is 78.8 Å². The van der Waals surface area contributed by atoms with E-state index in [2.05, 4.69) is 5.92 Å². The molecule has 1 N–H and O–H groups in total. The normalized spacial score (nSPS) is 9.54. The highest BCUT2D eigenvalue weighted by molar-refractivity contribution is 4.95. The molecule has 0 saturated carbocycles. The molecule has 1 aromatic heterocycles. The Hall–Kier alpha value is -1.33. The molecule has 13 heavy (non-hydrogen) atoms. The van der Waals surface area contributed by atoms with Gasteiger partial charge in [0.15, 0.2) is 6.20 Å². The van der Waals surface area contributed by atoms with E-state index in [1.165, 1.54) is 0 Å². The Morgan fingerprint density at radius 2 is 2.31 bits per heavy atom. The smallest absolute Gasteiger partial charge is 0.206 e. The van der Waals surface area contributed by atoms with Gasteiger partial charge in [0.05, 0.1) is 0 Å². The van der Waals surface area contributed by atoms with Gasteiger partial charge in [0, 0.05) is 25.0 Å². The van der Waals surface area contributed by atoms with Gasteiger partial charge < -0.3 is 5.11 Å². The average molecular weight is 176 g/mol. The first kappa shape index (κ1) is 9.76. The number of aliphatic hydroxyl groups excluding tert-OH is 1. The third-order valence-corrected chi connectivity index (χ3v) is 1.92. The molecule has 0 aliphatic rings. The third-order valence-electron chi connectivity index (χ3n) is 1.92. The Morgan fingerprint density at radius 1 is 1.46 bits per heavy atom. The number of hydrogen-bond acceptors (Lipinski definition) is 1. The number of rotatable bonds is 4. The Bertz CT molecular complexity index is 301. The third kappa shape index (κ3) is 2.89. The predicted octanol–water partition coefficient (Wildman–Crippen LogP) is 0.880. The van der Waals surface area contributed by atoms with Crippen LogP contribution in [0.25, 0.3) is 0 Å². The van der Waals surface area contributed by atoms with Crippen LogP contribution < -0.4 is 4.57 Å². The molecule has 0 atom stereocenters. The highest BCUT2D eigenvalue weighted by atomic mass is 16.3. The largest absolute Gasteiger partial charge is 0.385 e. The number of terminal acetylenes is 1. The zero-order valence-electron chi connectivity index (χ0n) is 7.61. The quantitative estimate of drug-likeness (QED) is 0.411. The minimum absolute atomic E-state index is 0.0803. The zero-order chi connectivity index (χ0) is 9.52. The number of unbranched alkanes of at least 4 members (excludes halogenated alkanes) is 1. The molecule has 0 fully saturated rings. The number of nitrogens with zero attached hydrogens (tertiary/aromatic N) is 1. The van der Waals surface area contributed by atoms with Crippen LogP contribution in [-0.2, 0) is 13.2 Å². The summed E-state index contributed by atoms with van der Waals surface area (Å²) in [5.41, 5.74) is 0.930. The van der Waals surface area contributed by atoms with Gasteiger partial charge in [-0.25, -0.2) is 4.57 Å². The molecular weight excluding hydrogens is 162 g/mol. The van der Waals surface area contributed by atoms with E-state index >= 15 is 0 Å². The van der Waals surface area contributed by atoms with E-state index in [1.807, 2.05) is 29.0 Å². The van der Waals surface area contributed by atoms with Crippen molar-refractivity contribution in [3.05, 3.63) is 30.1 Å². The van der Waals surface area contributed by atoms with Crippen LogP contribution >= 0.6 is 0 Å². The lowest BCUT2D eigenvalue weighted by molar-refractivity contribution is -0.706. The second-order valence-corrected chi connectivity index (χ2v) is 2.85. The molecule has 0 amide bonds. The summed E-state index contributed by atoms with van der Waals surface area (Å²) in [7, 11) is 0. The fraction of sp³-hybridized carbons (Fsp3) is 0.364. The van der Waals surface area contributed by atoms with Crippen molar-refractivity contribution in [2.45, 2.75) is 26.0 Å². The average Bonchev–Trinajstić information content (AvgIpc) is 2.19. The first-order valence-corrected chi connectivity index (χ1v) is 4.40. The maximum Gasteiger partial charge on any atom is 0.206 e. The summed E-state index contributed by atoms with van der Waals surface area (Å²) in [5.74, 6) is 2.60. The van der Waals surface area contributed by atoms with Crippen LogP contribution in [-0.4, -0.2) is 5.11 Å². The van der Waals surface area contributed by atoms with E-state index in [1.54, 1.807) is 0 Å². The van der Waals surface area contributed by atoms with Crippen molar-refractivity contribution in [1.82, 2.24) is 0 Å². The number of hydrogen-bond donors (Lipinski definition) is 1. The van der Waals surface area contributed by atoms with Gasteiger partial charge in [-0.15, -0.1) is 12.3 Å². The molecule has 0 spiro atoms. The summed E-state index contributed by atoms with van der Waals surface area (Å²) in [6.07, 6.45) is 8.86. The summed E-state index contributed by atoms with van der Waals surface area (Å²) >= 11 is 0. The summed E-state index contributed by atoms with van der Waals surface area (Å²) in [6, 6.07) is 5.79. The van der Waals surface area contributed by atoms with Crippen LogP contribution in [0.15, 0.2) is 24.4 Å². The second-order valence-electron chi connectivity index (χ2n) is 2.85. The van der Waals surface area contributed by atoms with Gasteiger partial charge in [-0.2, -0.15) is 0 Å². The van der Waals surface area contributed by atoms with Crippen LogP contribution in [0.5, 0.6) is 0 Å². The van der Waals surface area contributed by atoms with Crippen molar-refractivity contribution in [1.29, 1.82) is 0 Å². The van der Waals surface area contributed by atoms with Gasteiger partial charge in [0.25, 0.3) is 0 Å². The van der Waals surface area contributed by atoms with Crippen LogP contribution in [0.1, 0.15) is 18.5 Å². The lowest BCUT2D eigenvalue weighted by Gasteiger charge is -1.99. The topological polar surface area (TPSA) is 24.1 Å². The van der Waals surface area contributed by atoms with Crippen LogP contribution in [0.2, 0.25) is 0 Å². The van der Waals surface area contributed by atoms with Crippen molar-refractivity contribution >= 4 is 0 Å². The molecule has 0 bridgehead atoms. The van der Waals surface area contributed by atoms with Gasteiger partial charge in [-0.05, 0) is 0 Å². The minimum atomic E-state index is 0.0803. The van der Waals surface area contributed by atoms with E-state index in [9.17, 15) is 0 Å². The fourth-order valence-corrected chi connectivity index (χ4v) is 1.22. The van der Waals surface area contributed by atoms with E-state index in [0.29, 0.717) is 0 Å². The first-order chi connectivity index (χ1) is 6.38. The molecule has 2 heteroatoms. The monoisotopic (exact) mass is 176 g/mol. The predicted molar refractivity (Wildman–Crippen MR) is 50.6 cm³/mol. The molecule has 68 valence electrons. The van der Waals surface area contributed by atoms with Crippen LogP contribution in [0.4, 0.5) is 0 Å². The molecule has 0 aromatic carbocycles. The Balaban J connectivity index is 2.60. The lowest BCUT2D eigenvalue weighted by Crippen LogP contribution is -2.37. The molecule has 0 radical (unpaired) electrons. The van der Waals surface area contributed by atoms with Gasteiger partial charge in [0.1, 0.15) is 13.2 Å². The maximum absolute atomic E-state index is 9.01. The minimum Gasteiger partial charge on any atom is -0.385 e. The molecular formula is C11H14NO+. The SMILES string of the molecule is C#CCCC[n+]1ccccc1CO. The van der Waals surface area contributed by atoms with Crippen LogP contribution in [0, 0.1) is 12.3 Å². The second kappa shape index (κ2) is 5.34. The highest BCUT2D eigenvalue weighted by Crippen LogP contribution is 1.93. The van der Waals surface area contributed by atoms with Crippen molar-refractivity contribution in [2.24, 2.45) is 0 Å². The summed E-state index contributed by atoms with van der Waals surface area (Å²) in [4.78, 5) is 0. The zero-order valence-corrected chi connectivity index (χ0v) is 7.61. The van der Waals surface area contributed by atoms with Crippen molar-refractivity contribution in [2.75, 3.05) is 0 Å². The molecule has 0 unspecified atom stereocenters. The van der Waals surface area contributed by atoms with E-state index < -0.39 is 0 Å². The Kier molecular flexibility index (Phi) is 4.01.